The van der Waals surface area contributed by atoms with Crippen LogP contribution in [0, 0.1) is 0 Å². The minimum atomic E-state index is -0.233. The molecule has 0 amide bonds. The van der Waals surface area contributed by atoms with Crippen LogP contribution in [0.3, 0.4) is 0 Å². The summed E-state index contributed by atoms with van der Waals surface area (Å²) in [6, 6.07) is 3.91. The number of hydrogen-bond acceptors (Lipinski definition) is 3. The highest BCUT2D eigenvalue weighted by atomic mass is 32.1. The summed E-state index contributed by atoms with van der Waals surface area (Å²) in [6.07, 6.45) is 5.64. The Labute approximate surface area is 101 Å². The maximum absolute atomic E-state index is 12.6. The third kappa shape index (κ3) is 1.94. The largest absolute Gasteiger partial charge is 0.297 e. The predicted molar refractivity (Wildman–Crippen MR) is 68.2 cm³/mol. The number of carbonyl (C=O) groups excluding carboxylic acids is 1. The van der Waals surface area contributed by atoms with Gasteiger partial charge in [-0.25, -0.2) is 0 Å². The lowest BCUT2D eigenvalue weighted by molar-refractivity contribution is 0.0568. The van der Waals surface area contributed by atoms with Gasteiger partial charge >= 0.3 is 0 Å². The van der Waals surface area contributed by atoms with E-state index in [0.29, 0.717) is 5.78 Å². The highest BCUT2D eigenvalue weighted by Gasteiger charge is 2.41. The van der Waals surface area contributed by atoms with Gasteiger partial charge in [0.05, 0.1) is 10.4 Å². The molecular weight excluding hydrogens is 218 g/mol. The van der Waals surface area contributed by atoms with E-state index in [4.69, 9.17) is 0 Å². The van der Waals surface area contributed by atoms with Gasteiger partial charge in [0.15, 0.2) is 5.78 Å². The molecule has 0 atom stereocenters. The Balaban J connectivity index is 2.28. The lowest BCUT2D eigenvalue weighted by Crippen LogP contribution is -2.52. The summed E-state index contributed by atoms with van der Waals surface area (Å²) < 4.78 is 0. The van der Waals surface area contributed by atoms with Crippen LogP contribution in [0.15, 0.2) is 17.5 Å². The summed E-state index contributed by atoms with van der Waals surface area (Å²) in [5.41, 5.74) is -0.233. The van der Waals surface area contributed by atoms with Crippen molar-refractivity contribution >= 4 is 17.1 Å². The topological polar surface area (TPSA) is 20.3 Å². The summed E-state index contributed by atoms with van der Waals surface area (Å²) in [4.78, 5) is 15.6. The molecule has 1 aromatic heterocycles. The zero-order valence-electron chi connectivity index (χ0n) is 10.0. The van der Waals surface area contributed by atoms with E-state index in [1.807, 2.05) is 31.6 Å². The molecule has 0 saturated heterocycles. The summed E-state index contributed by atoms with van der Waals surface area (Å²) >= 11 is 1.56. The fraction of sp³-hybridized carbons (Fsp3) is 0.615. The zero-order chi connectivity index (χ0) is 11.6. The molecule has 1 heterocycles. The first-order valence-corrected chi connectivity index (χ1v) is 6.80. The van der Waals surface area contributed by atoms with E-state index in [1.54, 1.807) is 11.3 Å². The third-order valence-electron chi connectivity index (χ3n) is 3.70. The molecule has 3 heteroatoms. The second kappa shape index (κ2) is 4.68. The van der Waals surface area contributed by atoms with Gasteiger partial charge in [-0.15, -0.1) is 11.3 Å². The Kier molecular flexibility index (Phi) is 3.45. The average Bonchev–Trinajstić information content (AvgIpc) is 2.82. The van der Waals surface area contributed by atoms with Crippen molar-refractivity contribution in [2.45, 2.75) is 37.6 Å². The number of likely N-dealkylation sites (N-methyl/N-ethyl adjacent to an activating group) is 1. The molecule has 0 aliphatic heterocycles. The number of rotatable bonds is 3. The Bertz CT molecular complexity index is 350. The first-order valence-electron chi connectivity index (χ1n) is 5.92. The van der Waals surface area contributed by atoms with Crippen molar-refractivity contribution in [1.82, 2.24) is 4.90 Å². The third-order valence-corrected chi connectivity index (χ3v) is 4.57. The first kappa shape index (κ1) is 11.8. The maximum Gasteiger partial charge on any atom is 0.192 e. The van der Waals surface area contributed by atoms with Crippen molar-refractivity contribution in [3.05, 3.63) is 22.4 Å². The lowest BCUT2D eigenvalue weighted by atomic mass is 9.77. The van der Waals surface area contributed by atoms with Gasteiger partial charge in [-0.1, -0.05) is 25.3 Å². The Hall–Kier alpha value is -0.670. The lowest BCUT2D eigenvalue weighted by Gasteiger charge is -2.41. The fourth-order valence-electron chi connectivity index (χ4n) is 2.65. The molecule has 2 rings (SSSR count). The average molecular weight is 237 g/mol. The van der Waals surface area contributed by atoms with Crippen molar-refractivity contribution in [3.63, 3.8) is 0 Å². The highest BCUT2D eigenvalue weighted by Crippen LogP contribution is 2.35. The number of thiophene rings is 1. The van der Waals surface area contributed by atoms with Gasteiger partial charge in [0.1, 0.15) is 0 Å². The molecule has 2 nitrogen and oxygen atoms in total. The molecule has 1 aliphatic carbocycles. The number of ketones is 1. The molecule has 0 aromatic carbocycles. The van der Waals surface area contributed by atoms with Crippen LogP contribution in [0.1, 0.15) is 41.8 Å². The Morgan fingerprint density at radius 1 is 1.31 bits per heavy atom. The molecule has 1 saturated carbocycles. The van der Waals surface area contributed by atoms with Crippen molar-refractivity contribution < 1.29 is 4.79 Å². The molecule has 0 bridgehead atoms. The minimum Gasteiger partial charge on any atom is -0.297 e. The van der Waals surface area contributed by atoms with E-state index in [9.17, 15) is 4.79 Å². The van der Waals surface area contributed by atoms with Crippen LogP contribution in [0.2, 0.25) is 0 Å². The Morgan fingerprint density at radius 3 is 2.50 bits per heavy atom. The van der Waals surface area contributed by atoms with Crippen molar-refractivity contribution in [1.29, 1.82) is 0 Å². The summed E-state index contributed by atoms with van der Waals surface area (Å²) in [6.45, 7) is 0. The second-order valence-electron chi connectivity index (χ2n) is 4.79. The van der Waals surface area contributed by atoms with Crippen LogP contribution in [0.5, 0.6) is 0 Å². The smallest absolute Gasteiger partial charge is 0.192 e. The van der Waals surface area contributed by atoms with Crippen LogP contribution in [0.25, 0.3) is 0 Å². The zero-order valence-corrected chi connectivity index (χ0v) is 10.8. The van der Waals surface area contributed by atoms with Gasteiger partial charge < -0.3 is 0 Å². The van der Waals surface area contributed by atoms with Gasteiger partial charge in [-0.05, 0) is 38.4 Å². The summed E-state index contributed by atoms with van der Waals surface area (Å²) in [5, 5.41) is 1.99. The van der Waals surface area contributed by atoms with Gasteiger partial charge in [0.2, 0.25) is 0 Å². The normalized spacial score (nSPS) is 19.9. The molecule has 0 unspecified atom stereocenters. The molecule has 1 aromatic rings. The van der Waals surface area contributed by atoms with E-state index in [1.165, 1.54) is 19.3 Å². The number of nitrogens with zero attached hydrogens (tertiary/aromatic N) is 1. The monoisotopic (exact) mass is 237 g/mol. The van der Waals surface area contributed by atoms with E-state index >= 15 is 0 Å². The van der Waals surface area contributed by atoms with Crippen molar-refractivity contribution in [2.24, 2.45) is 0 Å². The quantitative estimate of drug-likeness (QED) is 0.752. The van der Waals surface area contributed by atoms with E-state index < -0.39 is 0 Å². The van der Waals surface area contributed by atoms with Gasteiger partial charge in [-0.2, -0.15) is 0 Å². The van der Waals surface area contributed by atoms with E-state index in [2.05, 4.69) is 4.90 Å². The SMILES string of the molecule is CN(C)C1(C(=O)c2cccs2)CCCCC1. The van der Waals surface area contributed by atoms with E-state index in [-0.39, 0.29) is 5.54 Å². The molecule has 1 aliphatic rings. The number of carbonyl (C=O) groups is 1. The number of hydrogen-bond donors (Lipinski definition) is 0. The Morgan fingerprint density at radius 2 is 2.00 bits per heavy atom. The maximum atomic E-state index is 12.6. The second-order valence-corrected chi connectivity index (χ2v) is 5.74. The summed E-state index contributed by atoms with van der Waals surface area (Å²) in [7, 11) is 4.08. The molecular formula is C13H19NOS. The minimum absolute atomic E-state index is 0.233. The standard InChI is InChI=1S/C13H19NOS/c1-14(2)13(8-4-3-5-9-13)12(15)11-7-6-10-16-11/h6-7,10H,3-5,8-9H2,1-2H3. The van der Waals surface area contributed by atoms with Crippen LogP contribution in [0.4, 0.5) is 0 Å². The fourth-order valence-corrected chi connectivity index (χ4v) is 3.41. The van der Waals surface area contributed by atoms with Gasteiger partial charge in [-0.3, -0.25) is 9.69 Å². The van der Waals surface area contributed by atoms with Crippen molar-refractivity contribution in [2.75, 3.05) is 14.1 Å². The molecule has 16 heavy (non-hydrogen) atoms. The van der Waals surface area contributed by atoms with Crippen LogP contribution >= 0.6 is 11.3 Å². The van der Waals surface area contributed by atoms with Crippen molar-refractivity contribution in [3.8, 4) is 0 Å². The van der Waals surface area contributed by atoms with E-state index in [0.717, 1.165) is 17.7 Å². The van der Waals surface area contributed by atoms with Crippen LogP contribution < -0.4 is 0 Å². The number of Topliss-reactive ketones (excluding diaryl/α,β-unsaturated/α-hetero) is 1. The summed E-state index contributed by atoms with van der Waals surface area (Å²) in [5.74, 6) is 0.326. The van der Waals surface area contributed by atoms with Gasteiger partial charge in [0, 0.05) is 0 Å². The highest BCUT2D eigenvalue weighted by molar-refractivity contribution is 7.12. The molecule has 0 N–H and O–H groups in total. The molecule has 0 spiro atoms. The molecule has 1 fully saturated rings. The van der Waals surface area contributed by atoms with Gasteiger partial charge in [0.25, 0.3) is 0 Å². The van der Waals surface area contributed by atoms with Crippen LogP contribution in [-0.4, -0.2) is 30.3 Å². The first-order chi connectivity index (χ1) is 7.67. The van der Waals surface area contributed by atoms with Crippen LogP contribution in [-0.2, 0) is 0 Å². The molecule has 0 radical (unpaired) electrons. The molecule has 88 valence electrons. The predicted octanol–water partition coefficient (Wildman–Crippen LogP) is 3.20.